The Morgan fingerprint density at radius 2 is 0.981 bits per heavy atom. The van der Waals surface area contributed by atoms with Crippen molar-refractivity contribution in [2.45, 2.75) is 0 Å². The molecular formula is C46H26N6O. The normalized spacial score (nSPS) is 12.2. The molecule has 0 aliphatic carbocycles. The van der Waals surface area contributed by atoms with Gasteiger partial charge in [0.1, 0.15) is 16.9 Å². The molecule has 7 nitrogen and oxygen atoms in total. The van der Waals surface area contributed by atoms with Gasteiger partial charge in [-0.25, -0.2) is 15.0 Å². The van der Waals surface area contributed by atoms with Gasteiger partial charge in [0, 0.05) is 37.9 Å². The Balaban J connectivity index is 1.21. The average Bonchev–Trinajstić information content (AvgIpc) is 3.87. The molecular weight excluding hydrogens is 653 g/mol. The monoisotopic (exact) mass is 678 g/mol. The van der Waals surface area contributed by atoms with Crippen LogP contribution < -0.4 is 0 Å². The Labute approximate surface area is 301 Å². The standard InChI is InChI=1S/C46H26N6O/c1-8-21-38-27(12-1)32-25-41-33(24-40(32)51(38)43-26-47-34-17-4-5-18-35(34)48-43)28-13-2-9-22-39(28)52(41)46-44(49-36-19-6-7-20-37(36)50-46)31-16-11-15-30-29-14-3-10-23-42(29)53-45(30)31/h1-26H. The molecule has 7 heteroatoms. The molecule has 12 rings (SSSR count). The van der Waals surface area contributed by atoms with Crippen molar-refractivity contribution in [2.24, 2.45) is 0 Å². The molecule has 0 N–H and O–H groups in total. The number of benzene rings is 7. The molecule has 53 heavy (non-hydrogen) atoms. The maximum atomic E-state index is 6.58. The fourth-order valence-electron chi connectivity index (χ4n) is 8.22. The minimum absolute atomic E-state index is 0.742. The fraction of sp³-hybridized carbons (Fsp3) is 0. The highest BCUT2D eigenvalue weighted by atomic mass is 16.3. The Hall–Kier alpha value is -7.38. The summed E-state index contributed by atoms with van der Waals surface area (Å²) in [5.74, 6) is 1.52. The molecule has 0 saturated heterocycles. The molecule has 0 bridgehead atoms. The third-order valence-electron chi connectivity index (χ3n) is 10.6. The van der Waals surface area contributed by atoms with Gasteiger partial charge in [0.15, 0.2) is 11.6 Å². The van der Waals surface area contributed by atoms with Crippen molar-refractivity contribution in [1.29, 1.82) is 0 Å². The van der Waals surface area contributed by atoms with Crippen LogP contribution in [0.25, 0.3) is 111 Å². The maximum absolute atomic E-state index is 6.58. The fourth-order valence-corrected chi connectivity index (χ4v) is 8.22. The SMILES string of the molecule is c1ccc2nc(-n3c4ccccc4c4cc5c(cc43)c3ccccc3n5-c3nc4ccccc4nc3-c3cccc4c3oc3ccccc34)cnc2c1. The number of nitrogens with zero attached hydrogens (tertiary/aromatic N) is 6. The summed E-state index contributed by atoms with van der Waals surface area (Å²) in [7, 11) is 0. The lowest BCUT2D eigenvalue weighted by Crippen LogP contribution is -2.04. The lowest BCUT2D eigenvalue weighted by molar-refractivity contribution is 0.669. The minimum Gasteiger partial charge on any atom is -0.455 e. The van der Waals surface area contributed by atoms with Gasteiger partial charge < -0.3 is 4.42 Å². The second-order valence-electron chi connectivity index (χ2n) is 13.5. The van der Waals surface area contributed by atoms with E-state index in [2.05, 4.69) is 94.1 Å². The van der Waals surface area contributed by atoms with Gasteiger partial charge in [-0.2, -0.15) is 0 Å². The minimum atomic E-state index is 0.742. The number of rotatable bonds is 3. The van der Waals surface area contributed by atoms with Crippen LogP contribution in [0.1, 0.15) is 0 Å². The van der Waals surface area contributed by atoms with Crippen molar-refractivity contribution in [1.82, 2.24) is 29.1 Å². The van der Waals surface area contributed by atoms with Crippen LogP contribution in [-0.4, -0.2) is 29.1 Å². The Bertz CT molecular complexity index is 3480. The highest BCUT2D eigenvalue weighted by Crippen LogP contribution is 2.42. The van der Waals surface area contributed by atoms with E-state index < -0.39 is 0 Å². The first-order valence-corrected chi connectivity index (χ1v) is 17.6. The molecule has 0 radical (unpaired) electrons. The van der Waals surface area contributed by atoms with E-state index in [4.69, 9.17) is 24.4 Å². The zero-order valence-electron chi connectivity index (χ0n) is 28.1. The molecule has 0 spiro atoms. The Kier molecular flexibility index (Phi) is 5.65. The largest absolute Gasteiger partial charge is 0.455 e. The van der Waals surface area contributed by atoms with E-state index in [1.54, 1.807) is 0 Å². The van der Waals surface area contributed by atoms with Crippen LogP contribution in [0.2, 0.25) is 0 Å². The Morgan fingerprint density at radius 1 is 0.415 bits per heavy atom. The summed E-state index contributed by atoms with van der Waals surface area (Å²) in [5, 5.41) is 6.59. The molecule has 0 atom stereocenters. The summed E-state index contributed by atoms with van der Waals surface area (Å²) < 4.78 is 11.1. The summed E-state index contributed by atoms with van der Waals surface area (Å²) in [6.07, 6.45) is 1.87. The van der Waals surface area contributed by atoms with Gasteiger partial charge in [-0.3, -0.25) is 14.1 Å². The molecule has 0 saturated carbocycles. The summed E-state index contributed by atoms with van der Waals surface area (Å²) in [6.45, 7) is 0. The molecule has 0 amide bonds. The van der Waals surface area contributed by atoms with Crippen LogP contribution in [0.15, 0.2) is 162 Å². The number of hydrogen-bond donors (Lipinski definition) is 0. The second kappa shape index (κ2) is 10.6. The van der Waals surface area contributed by atoms with Gasteiger partial charge in [-0.15, -0.1) is 0 Å². The highest BCUT2D eigenvalue weighted by Gasteiger charge is 2.24. The van der Waals surface area contributed by atoms with Crippen molar-refractivity contribution >= 4 is 87.6 Å². The molecule has 12 aromatic rings. The number of fused-ring (bicyclic) bond motifs is 11. The lowest BCUT2D eigenvalue weighted by atomic mass is 10.1. The van der Waals surface area contributed by atoms with Gasteiger partial charge in [-0.1, -0.05) is 91.0 Å². The van der Waals surface area contributed by atoms with E-state index in [0.717, 1.165) is 111 Å². The smallest absolute Gasteiger partial charge is 0.165 e. The van der Waals surface area contributed by atoms with E-state index in [1.165, 1.54) is 0 Å². The van der Waals surface area contributed by atoms with Gasteiger partial charge >= 0.3 is 0 Å². The van der Waals surface area contributed by atoms with Crippen molar-refractivity contribution in [3.63, 3.8) is 0 Å². The molecule has 7 aromatic carbocycles. The first-order chi connectivity index (χ1) is 26.3. The Morgan fingerprint density at radius 3 is 1.74 bits per heavy atom. The van der Waals surface area contributed by atoms with E-state index >= 15 is 0 Å². The average molecular weight is 679 g/mol. The van der Waals surface area contributed by atoms with Crippen molar-refractivity contribution in [2.75, 3.05) is 0 Å². The van der Waals surface area contributed by atoms with Crippen LogP contribution in [0.5, 0.6) is 0 Å². The van der Waals surface area contributed by atoms with E-state index in [-0.39, 0.29) is 0 Å². The molecule has 5 aromatic heterocycles. The zero-order valence-corrected chi connectivity index (χ0v) is 28.1. The topological polar surface area (TPSA) is 74.6 Å². The summed E-state index contributed by atoms with van der Waals surface area (Å²) in [5.41, 5.74) is 10.9. The first kappa shape index (κ1) is 28.3. The predicted octanol–water partition coefficient (Wildman–Crippen LogP) is 11.3. The van der Waals surface area contributed by atoms with Crippen LogP contribution in [-0.2, 0) is 0 Å². The number of furan rings is 1. The first-order valence-electron chi connectivity index (χ1n) is 17.6. The van der Waals surface area contributed by atoms with Crippen LogP contribution in [0.3, 0.4) is 0 Å². The molecule has 0 aliphatic rings. The van der Waals surface area contributed by atoms with Crippen LogP contribution in [0, 0.1) is 0 Å². The maximum Gasteiger partial charge on any atom is 0.165 e. The number of para-hydroxylation sites is 8. The summed E-state index contributed by atoms with van der Waals surface area (Å²) in [4.78, 5) is 20.7. The highest BCUT2D eigenvalue weighted by molar-refractivity contribution is 6.19. The van der Waals surface area contributed by atoms with E-state index in [0.29, 0.717) is 0 Å². The van der Waals surface area contributed by atoms with Gasteiger partial charge in [0.25, 0.3) is 0 Å². The number of aromatic nitrogens is 6. The summed E-state index contributed by atoms with van der Waals surface area (Å²) in [6, 6.07) is 52.2. The van der Waals surface area contributed by atoms with Crippen molar-refractivity contribution < 1.29 is 4.42 Å². The van der Waals surface area contributed by atoms with Crippen LogP contribution >= 0.6 is 0 Å². The number of hydrogen-bond acceptors (Lipinski definition) is 5. The van der Waals surface area contributed by atoms with Gasteiger partial charge in [-0.05, 0) is 60.7 Å². The van der Waals surface area contributed by atoms with Crippen LogP contribution in [0.4, 0.5) is 0 Å². The van der Waals surface area contributed by atoms with Gasteiger partial charge in [0.2, 0.25) is 0 Å². The van der Waals surface area contributed by atoms with Crippen molar-refractivity contribution in [3.8, 4) is 22.9 Å². The molecule has 5 heterocycles. The van der Waals surface area contributed by atoms with Crippen molar-refractivity contribution in [3.05, 3.63) is 158 Å². The quantitative estimate of drug-likeness (QED) is 0.186. The van der Waals surface area contributed by atoms with E-state index in [9.17, 15) is 0 Å². The summed E-state index contributed by atoms with van der Waals surface area (Å²) >= 11 is 0. The molecule has 0 aliphatic heterocycles. The predicted molar refractivity (Wildman–Crippen MR) is 214 cm³/mol. The molecule has 0 unspecified atom stereocenters. The van der Waals surface area contributed by atoms with Gasteiger partial charge in [0.05, 0.1) is 50.3 Å². The third kappa shape index (κ3) is 3.98. The van der Waals surface area contributed by atoms with E-state index in [1.807, 2.05) is 72.9 Å². The molecule has 246 valence electrons. The molecule has 0 fully saturated rings. The lowest BCUT2D eigenvalue weighted by Gasteiger charge is -2.14. The zero-order chi connectivity index (χ0) is 34.6. The third-order valence-corrected chi connectivity index (χ3v) is 10.6. The second-order valence-corrected chi connectivity index (χ2v) is 13.5.